The van der Waals surface area contributed by atoms with Gasteiger partial charge in [-0.25, -0.2) is 0 Å². The minimum atomic E-state index is -4.56. The van der Waals surface area contributed by atoms with Crippen LogP contribution in [0.15, 0.2) is 24.3 Å². The van der Waals surface area contributed by atoms with Crippen LogP contribution in [0.3, 0.4) is 0 Å². The Morgan fingerprint density at radius 2 is 1.74 bits per heavy atom. The molecule has 1 aromatic rings. The fourth-order valence-corrected chi connectivity index (χ4v) is 4.29. The molecular weight excluding hydrogens is 319 g/mol. The summed E-state index contributed by atoms with van der Waals surface area (Å²) >= 11 is 0. The molecule has 0 spiro atoms. The summed E-state index contributed by atoms with van der Waals surface area (Å²) in [6.45, 7) is 2.18. The van der Waals surface area contributed by atoms with Crippen molar-refractivity contribution in [3.63, 3.8) is 0 Å². The number of anilines is 2. The number of amides is 1. The third-order valence-corrected chi connectivity index (χ3v) is 5.38. The lowest BCUT2D eigenvalue weighted by Crippen LogP contribution is -2.33. The van der Waals surface area contributed by atoms with Gasteiger partial charge in [0.2, 0.25) is 5.91 Å². The molecule has 2 fully saturated rings. The van der Waals surface area contributed by atoms with Crippen LogP contribution in [0.25, 0.3) is 0 Å². The Hall–Kier alpha value is -1.63. The standard InChI is InChI=1S/C16H21FN2O3S/c17-23(21,22)12-13-10-16(20)19(11-13)15-7-3-2-6-14(15)18-8-4-1-5-9-18/h2-3,6-7,13H,1,4-5,8-12H2. The van der Waals surface area contributed by atoms with Crippen molar-refractivity contribution in [1.29, 1.82) is 0 Å². The van der Waals surface area contributed by atoms with Gasteiger partial charge in [-0.3, -0.25) is 4.79 Å². The van der Waals surface area contributed by atoms with Gasteiger partial charge >= 0.3 is 10.2 Å². The van der Waals surface area contributed by atoms with E-state index < -0.39 is 21.9 Å². The molecule has 0 radical (unpaired) electrons. The van der Waals surface area contributed by atoms with Gasteiger partial charge in [-0.1, -0.05) is 12.1 Å². The molecule has 2 heterocycles. The van der Waals surface area contributed by atoms with Crippen LogP contribution in [0.2, 0.25) is 0 Å². The summed E-state index contributed by atoms with van der Waals surface area (Å²) in [5.74, 6) is -1.20. The Morgan fingerprint density at radius 3 is 2.39 bits per heavy atom. The third-order valence-electron chi connectivity index (χ3n) is 4.51. The minimum absolute atomic E-state index is 0.0808. The molecule has 0 N–H and O–H groups in total. The smallest absolute Gasteiger partial charge is 0.302 e. The van der Waals surface area contributed by atoms with Gasteiger partial charge in [0.15, 0.2) is 0 Å². The monoisotopic (exact) mass is 340 g/mol. The number of halogens is 1. The van der Waals surface area contributed by atoms with E-state index in [0.717, 1.165) is 37.3 Å². The first-order valence-corrected chi connectivity index (χ1v) is 9.56. The predicted molar refractivity (Wildman–Crippen MR) is 87.9 cm³/mol. The van der Waals surface area contributed by atoms with Gasteiger partial charge < -0.3 is 9.80 Å². The van der Waals surface area contributed by atoms with E-state index in [1.165, 1.54) is 6.42 Å². The van der Waals surface area contributed by atoms with Gasteiger partial charge in [-0.2, -0.15) is 8.42 Å². The number of nitrogens with zero attached hydrogens (tertiary/aromatic N) is 2. The average molecular weight is 340 g/mol. The molecule has 1 atom stereocenters. The number of para-hydroxylation sites is 2. The molecule has 2 aliphatic heterocycles. The summed E-state index contributed by atoms with van der Waals surface area (Å²) in [6.07, 6.45) is 3.56. The van der Waals surface area contributed by atoms with Crippen molar-refractivity contribution in [2.45, 2.75) is 25.7 Å². The molecule has 2 aliphatic rings. The van der Waals surface area contributed by atoms with Crippen LogP contribution in [-0.2, 0) is 15.0 Å². The molecule has 5 nitrogen and oxygen atoms in total. The van der Waals surface area contributed by atoms with Gasteiger partial charge in [0.05, 0.1) is 17.1 Å². The van der Waals surface area contributed by atoms with Crippen LogP contribution >= 0.6 is 0 Å². The van der Waals surface area contributed by atoms with E-state index in [-0.39, 0.29) is 18.9 Å². The molecule has 3 rings (SSSR count). The minimum Gasteiger partial charge on any atom is -0.370 e. The van der Waals surface area contributed by atoms with Gasteiger partial charge in [0, 0.05) is 32.0 Å². The highest BCUT2D eigenvalue weighted by molar-refractivity contribution is 7.86. The zero-order chi connectivity index (χ0) is 16.4. The zero-order valence-electron chi connectivity index (χ0n) is 12.9. The summed E-state index contributed by atoms with van der Waals surface area (Å²) in [5, 5.41) is 0. The van der Waals surface area contributed by atoms with Gasteiger partial charge in [-0.05, 0) is 31.4 Å². The van der Waals surface area contributed by atoms with Crippen LogP contribution < -0.4 is 9.80 Å². The Labute approximate surface area is 136 Å². The van der Waals surface area contributed by atoms with Crippen molar-refractivity contribution in [1.82, 2.24) is 0 Å². The predicted octanol–water partition coefficient (Wildman–Crippen LogP) is 2.33. The summed E-state index contributed by atoms with van der Waals surface area (Å²) in [6, 6.07) is 7.69. The van der Waals surface area contributed by atoms with Crippen molar-refractivity contribution in [2.24, 2.45) is 5.92 Å². The maximum atomic E-state index is 12.9. The van der Waals surface area contributed by atoms with Crippen LogP contribution in [0.4, 0.5) is 15.3 Å². The van der Waals surface area contributed by atoms with E-state index in [4.69, 9.17) is 0 Å². The van der Waals surface area contributed by atoms with E-state index in [2.05, 4.69) is 4.90 Å². The summed E-state index contributed by atoms with van der Waals surface area (Å²) < 4.78 is 34.6. The van der Waals surface area contributed by atoms with E-state index in [1.54, 1.807) is 4.90 Å². The van der Waals surface area contributed by atoms with E-state index in [0.29, 0.717) is 0 Å². The third kappa shape index (κ3) is 3.83. The Kier molecular flexibility index (Phi) is 4.57. The van der Waals surface area contributed by atoms with Gasteiger partial charge in [0.1, 0.15) is 0 Å². The molecule has 0 aliphatic carbocycles. The second-order valence-corrected chi connectivity index (χ2v) is 7.73. The number of carbonyl (C=O) groups is 1. The molecule has 23 heavy (non-hydrogen) atoms. The lowest BCUT2D eigenvalue weighted by atomic mass is 10.1. The maximum Gasteiger partial charge on any atom is 0.302 e. The Morgan fingerprint density at radius 1 is 1.09 bits per heavy atom. The molecule has 7 heteroatoms. The average Bonchev–Trinajstić information content (AvgIpc) is 2.86. The van der Waals surface area contributed by atoms with Gasteiger partial charge in [-0.15, -0.1) is 3.89 Å². The lowest BCUT2D eigenvalue weighted by molar-refractivity contribution is -0.117. The fourth-order valence-electron chi connectivity index (χ4n) is 3.50. The summed E-state index contributed by atoms with van der Waals surface area (Å²) in [5.41, 5.74) is 1.81. The number of rotatable bonds is 4. The fraction of sp³-hybridized carbons (Fsp3) is 0.562. The number of hydrogen-bond acceptors (Lipinski definition) is 4. The highest BCUT2D eigenvalue weighted by Gasteiger charge is 2.35. The van der Waals surface area contributed by atoms with Gasteiger partial charge in [0.25, 0.3) is 0 Å². The molecule has 126 valence electrons. The molecule has 1 unspecified atom stereocenters. The molecule has 0 saturated carbocycles. The van der Waals surface area contributed by atoms with Crippen molar-refractivity contribution >= 4 is 27.5 Å². The number of hydrogen-bond donors (Lipinski definition) is 0. The number of piperidine rings is 1. The normalized spacial score (nSPS) is 22.7. The zero-order valence-corrected chi connectivity index (χ0v) is 13.8. The molecule has 1 aromatic carbocycles. The Bertz CT molecular complexity index is 686. The first-order chi connectivity index (χ1) is 10.9. The highest BCUT2D eigenvalue weighted by atomic mass is 32.3. The second-order valence-electron chi connectivity index (χ2n) is 6.32. The number of benzene rings is 1. The summed E-state index contributed by atoms with van der Waals surface area (Å²) in [4.78, 5) is 16.2. The molecular formula is C16H21FN2O3S. The largest absolute Gasteiger partial charge is 0.370 e. The molecule has 1 amide bonds. The number of carbonyl (C=O) groups excluding carboxylic acids is 1. The van der Waals surface area contributed by atoms with E-state index >= 15 is 0 Å². The van der Waals surface area contributed by atoms with Crippen LogP contribution in [0, 0.1) is 5.92 Å². The van der Waals surface area contributed by atoms with Crippen LogP contribution in [0.1, 0.15) is 25.7 Å². The van der Waals surface area contributed by atoms with E-state index in [9.17, 15) is 17.1 Å². The maximum absolute atomic E-state index is 12.9. The topological polar surface area (TPSA) is 57.7 Å². The quantitative estimate of drug-likeness (QED) is 0.790. The first kappa shape index (κ1) is 16.2. The van der Waals surface area contributed by atoms with Crippen molar-refractivity contribution in [3.05, 3.63) is 24.3 Å². The molecule has 0 aromatic heterocycles. The summed E-state index contributed by atoms with van der Waals surface area (Å²) in [7, 11) is -4.56. The van der Waals surface area contributed by atoms with Crippen molar-refractivity contribution in [2.75, 3.05) is 35.2 Å². The first-order valence-electron chi connectivity index (χ1n) is 8.01. The highest BCUT2D eigenvalue weighted by Crippen LogP contribution is 2.35. The lowest BCUT2D eigenvalue weighted by Gasteiger charge is -2.32. The van der Waals surface area contributed by atoms with Crippen molar-refractivity contribution < 1.29 is 17.1 Å². The SMILES string of the molecule is O=C1CC(CS(=O)(=O)F)CN1c1ccccc1N1CCCCC1. The molecule has 0 bridgehead atoms. The van der Waals surface area contributed by atoms with E-state index in [1.807, 2.05) is 24.3 Å². The molecule has 2 saturated heterocycles. The Balaban J connectivity index is 1.83. The van der Waals surface area contributed by atoms with Crippen LogP contribution in [-0.4, -0.2) is 39.7 Å². The van der Waals surface area contributed by atoms with Crippen LogP contribution in [0.5, 0.6) is 0 Å². The van der Waals surface area contributed by atoms with Crippen molar-refractivity contribution in [3.8, 4) is 0 Å². The second kappa shape index (κ2) is 6.47.